The lowest BCUT2D eigenvalue weighted by atomic mass is 9.97. The third-order valence-electron chi connectivity index (χ3n) is 8.25. The van der Waals surface area contributed by atoms with Crippen molar-refractivity contribution in [2.45, 2.75) is 13.1 Å². The van der Waals surface area contributed by atoms with E-state index < -0.39 is 10.9 Å². The van der Waals surface area contributed by atoms with Crippen LogP contribution in [0.25, 0.3) is 62.4 Å². The molecule has 0 bridgehead atoms. The van der Waals surface area contributed by atoms with Crippen LogP contribution in [0.2, 0.25) is 0 Å². The van der Waals surface area contributed by atoms with Crippen molar-refractivity contribution >= 4 is 85.1 Å². The fraction of sp³-hybridized carbons (Fsp3) is 0.235. The van der Waals surface area contributed by atoms with E-state index in [4.69, 9.17) is 0 Å². The van der Waals surface area contributed by atoms with Gasteiger partial charge in [0.1, 0.15) is 11.5 Å². The maximum absolute atomic E-state index is 13.2. The molecule has 5 aromatic carbocycles. The molecule has 0 aliphatic rings. The highest BCUT2D eigenvalue weighted by Crippen LogP contribution is 2.50. The highest BCUT2D eigenvalue weighted by Gasteiger charge is 2.27. The van der Waals surface area contributed by atoms with Gasteiger partial charge < -0.3 is 29.1 Å². The molecule has 0 saturated heterocycles. The molecule has 44 heavy (non-hydrogen) atoms. The van der Waals surface area contributed by atoms with Crippen molar-refractivity contribution in [3.8, 4) is 11.5 Å². The minimum atomic E-state index is -0.506. The second kappa shape index (κ2) is 10.7. The van der Waals surface area contributed by atoms with E-state index in [1.54, 1.807) is 22.7 Å². The summed E-state index contributed by atoms with van der Waals surface area (Å²) in [6.45, 7) is 2.64. The molecule has 2 heterocycles. The number of likely N-dealkylation sites (N-methyl/N-ethyl adjacent to an activating group) is 2. The Morgan fingerprint density at radius 3 is 1.36 bits per heavy atom. The molecule has 0 amide bonds. The summed E-state index contributed by atoms with van der Waals surface area (Å²) in [5.41, 5.74) is 2.42. The summed E-state index contributed by atoms with van der Waals surface area (Å²) >= 11 is 3.27. The number of phenols is 2. The van der Waals surface area contributed by atoms with Gasteiger partial charge in [-0.2, -0.15) is 0 Å². The first-order valence-electron chi connectivity index (χ1n) is 14.4. The number of aromatic hydroxyl groups is 2. The molecule has 0 aliphatic heterocycles. The molecule has 7 rings (SSSR count). The third-order valence-corrected chi connectivity index (χ3v) is 10.7. The van der Waals surface area contributed by atoms with E-state index in [1.165, 1.54) is 12.1 Å². The van der Waals surface area contributed by atoms with Gasteiger partial charge in [-0.05, 0) is 64.6 Å². The van der Waals surface area contributed by atoms with Crippen LogP contribution in [0.1, 0.15) is 0 Å². The van der Waals surface area contributed by atoms with Crippen LogP contribution in [0, 0.1) is 0 Å². The van der Waals surface area contributed by atoms with Gasteiger partial charge >= 0.3 is 0 Å². The maximum Gasteiger partial charge on any atom is 0.190 e. The Morgan fingerprint density at radius 1 is 0.591 bits per heavy atom. The van der Waals surface area contributed by atoms with Crippen molar-refractivity contribution in [1.82, 2.24) is 18.9 Å². The van der Waals surface area contributed by atoms with Gasteiger partial charge in [0.05, 0.1) is 62.4 Å². The lowest BCUT2D eigenvalue weighted by Gasteiger charge is -2.24. The first kappa shape index (κ1) is 28.5. The number of hydrogen-bond donors (Lipinski definition) is 2. The highest BCUT2D eigenvalue weighted by molar-refractivity contribution is 7.32. The quantitative estimate of drug-likeness (QED) is 0.131. The zero-order valence-corrected chi connectivity index (χ0v) is 26.6. The summed E-state index contributed by atoms with van der Waals surface area (Å²) in [5.74, 6) is -0.554. The van der Waals surface area contributed by atoms with E-state index >= 15 is 0 Å². The van der Waals surface area contributed by atoms with Gasteiger partial charge in [0.2, 0.25) is 0 Å². The maximum atomic E-state index is 13.2. The van der Waals surface area contributed by atoms with E-state index in [-0.39, 0.29) is 22.3 Å². The monoisotopic (exact) mass is 624 g/mol. The zero-order valence-electron chi connectivity index (χ0n) is 24.9. The molecular formula is C34H32N4O4S2. The van der Waals surface area contributed by atoms with Crippen LogP contribution in [-0.2, 0) is 13.1 Å². The summed E-state index contributed by atoms with van der Waals surface area (Å²) < 4.78 is 8.42. The van der Waals surface area contributed by atoms with Crippen LogP contribution in [0.4, 0.5) is 0 Å². The lowest BCUT2D eigenvalue weighted by molar-refractivity contribution is 0.389. The molecule has 224 valence electrons. The molecule has 0 unspecified atom stereocenters. The van der Waals surface area contributed by atoms with Crippen LogP contribution in [0.5, 0.6) is 11.5 Å². The molecular weight excluding hydrogens is 593 g/mol. The summed E-state index contributed by atoms with van der Waals surface area (Å²) in [4.78, 5) is 30.7. The Hall–Kier alpha value is -4.22. The number of nitrogens with zero attached hydrogens (tertiary/aromatic N) is 4. The van der Waals surface area contributed by atoms with E-state index in [0.717, 1.165) is 54.0 Å². The van der Waals surface area contributed by atoms with Gasteiger partial charge in [-0.1, -0.05) is 24.3 Å². The Labute approximate surface area is 260 Å². The number of rotatable bonds is 6. The average molecular weight is 625 g/mol. The Morgan fingerprint density at radius 2 is 0.977 bits per heavy atom. The number of para-hydroxylation sites is 2. The van der Waals surface area contributed by atoms with Crippen LogP contribution in [-0.4, -0.2) is 70.4 Å². The number of fused-ring (bicyclic) bond motifs is 9. The number of benzene rings is 5. The molecule has 8 nitrogen and oxygen atoms in total. The summed E-state index contributed by atoms with van der Waals surface area (Å²) in [6.07, 6.45) is 0. The van der Waals surface area contributed by atoms with Crippen molar-refractivity contribution in [3.05, 3.63) is 81.1 Å². The smallest absolute Gasteiger partial charge is 0.190 e. The van der Waals surface area contributed by atoms with Crippen molar-refractivity contribution in [2.75, 3.05) is 41.3 Å². The molecule has 0 saturated carbocycles. The highest BCUT2D eigenvalue weighted by atomic mass is 32.1. The summed E-state index contributed by atoms with van der Waals surface area (Å²) in [7, 11) is 8.06. The van der Waals surface area contributed by atoms with Gasteiger partial charge in [0, 0.05) is 26.2 Å². The van der Waals surface area contributed by atoms with Gasteiger partial charge in [-0.15, -0.1) is 22.7 Å². The van der Waals surface area contributed by atoms with Crippen LogP contribution in [0.15, 0.2) is 70.3 Å². The van der Waals surface area contributed by atoms with Gasteiger partial charge in [-0.3, -0.25) is 9.59 Å². The minimum Gasteiger partial charge on any atom is -0.506 e. The molecule has 0 atom stereocenters. The van der Waals surface area contributed by atoms with Crippen molar-refractivity contribution < 1.29 is 10.2 Å². The van der Waals surface area contributed by atoms with Crippen LogP contribution in [0.3, 0.4) is 0 Å². The largest absolute Gasteiger partial charge is 0.506 e. The van der Waals surface area contributed by atoms with Crippen molar-refractivity contribution in [1.29, 1.82) is 0 Å². The van der Waals surface area contributed by atoms with Crippen molar-refractivity contribution in [2.24, 2.45) is 0 Å². The van der Waals surface area contributed by atoms with E-state index in [2.05, 4.69) is 43.2 Å². The molecule has 0 fully saturated rings. The average Bonchev–Trinajstić information content (AvgIpc) is 3.00. The second-order valence-electron chi connectivity index (χ2n) is 11.7. The Kier molecular flexibility index (Phi) is 6.97. The van der Waals surface area contributed by atoms with Crippen LogP contribution < -0.4 is 10.9 Å². The van der Waals surface area contributed by atoms with Gasteiger partial charge in [0.25, 0.3) is 0 Å². The molecule has 10 heteroatoms. The zero-order chi connectivity index (χ0) is 30.9. The molecule has 0 radical (unpaired) electrons. The summed E-state index contributed by atoms with van der Waals surface area (Å²) in [6, 6.07) is 18.7. The molecule has 0 aliphatic carbocycles. The lowest BCUT2D eigenvalue weighted by Crippen LogP contribution is -2.20. The van der Waals surface area contributed by atoms with E-state index in [9.17, 15) is 19.8 Å². The van der Waals surface area contributed by atoms with Crippen molar-refractivity contribution in [3.63, 3.8) is 0 Å². The number of hydrogen-bond acceptors (Lipinski definition) is 8. The van der Waals surface area contributed by atoms with E-state index in [0.29, 0.717) is 23.9 Å². The standard InChI is InChI=1S/C34H32N4O4S2/c1-35(2)15-17-37-19-9-5-7-11-23(19)43-33-29(37)27-28(32(42)26-22(40)14-13-21(39)25(26)31(27)41)30-34(33)44-24-12-8-6-10-20(24)38(30)18-16-36(3)4/h5-14,41-42H,15-18H2,1-4H3. The van der Waals surface area contributed by atoms with Gasteiger partial charge in [-0.25, -0.2) is 0 Å². The Balaban J connectivity index is 1.87. The predicted molar refractivity (Wildman–Crippen MR) is 185 cm³/mol. The Bertz CT molecular complexity index is 2260. The molecule has 7 aromatic rings. The fourth-order valence-corrected chi connectivity index (χ4v) is 8.73. The molecule has 0 spiro atoms. The third kappa shape index (κ3) is 4.32. The SMILES string of the molecule is CN(C)CCn1c2ccccc2sc2c3sc4ccccc4n(CCN(C)C)c3c3c(O)c4c(=O)ccc(=O)c4c(O)c3c21. The van der Waals surface area contributed by atoms with E-state index in [1.807, 2.05) is 52.5 Å². The normalized spacial score (nSPS) is 12.3. The predicted octanol–water partition coefficient (Wildman–Crippen LogP) is 6.15. The first-order chi connectivity index (χ1) is 21.2. The molecule has 2 aromatic heterocycles. The number of aromatic nitrogens is 2. The second-order valence-corrected chi connectivity index (χ2v) is 13.8. The first-order valence-corrected chi connectivity index (χ1v) is 16.1. The topological polar surface area (TPSA) is 90.9 Å². The summed E-state index contributed by atoms with van der Waals surface area (Å²) in [5, 5.41) is 24.7. The fourth-order valence-electron chi connectivity index (χ4n) is 6.19. The number of phenolic OH excluding ortho intramolecular Hbond substituents is 2. The molecule has 2 N–H and O–H groups in total. The van der Waals surface area contributed by atoms with Gasteiger partial charge in [0.15, 0.2) is 10.9 Å². The minimum absolute atomic E-state index is 0.148. The van der Waals surface area contributed by atoms with Crippen LogP contribution >= 0.6 is 22.7 Å².